The van der Waals surface area contributed by atoms with Crippen LogP contribution in [0.2, 0.25) is 0 Å². The second-order valence-corrected chi connectivity index (χ2v) is 5.39. The Balaban J connectivity index is 2.37. The number of halogens is 3. The van der Waals surface area contributed by atoms with E-state index in [4.69, 9.17) is 5.73 Å². The van der Waals surface area contributed by atoms with E-state index in [0.717, 1.165) is 16.7 Å². The SMILES string of the molecule is Cc1cccc(C(N)c2cnc(C(F)(F)F)s2)c1C. The minimum atomic E-state index is -4.41. The van der Waals surface area contributed by atoms with Crippen LogP contribution in [0.4, 0.5) is 13.2 Å². The number of aryl methyl sites for hydroxylation is 1. The molecule has 1 heterocycles. The maximum absolute atomic E-state index is 12.5. The van der Waals surface area contributed by atoms with E-state index in [1.807, 2.05) is 32.0 Å². The molecule has 1 atom stereocenters. The van der Waals surface area contributed by atoms with Crippen molar-refractivity contribution in [2.75, 3.05) is 0 Å². The van der Waals surface area contributed by atoms with Crippen molar-refractivity contribution in [2.45, 2.75) is 26.1 Å². The number of hydrogen-bond donors (Lipinski definition) is 1. The number of rotatable bonds is 2. The molecule has 2 nitrogen and oxygen atoms in total. The number of hydrogen-bond acceptors (Lipinski definition) is 3. The molecule has 0 aliphatic heterocycles. The lowest BCUT2D eigenvalue weighted by Gasteiger charge is -2.14. The molecule has 0 spiro atoms. The predicted molar refractivity (Wildman–Crippen MR) is 69.1 cm³/mol. The highest BCUT2D eigenvalue weighted by Gasteiger charge is 2.35. The van der Waals surface area contributed by atoms with Gasteiger partial charge in [0.2, 0.25) is 0 Å². The number of alkyl halides is 3. The van der Waals surface area contributed by atoms with Gasteiger partial charge in [0, 0.05) is 11.1 Å². The number of nitrogens with zero attached hydrogens (tertiary/aromatic N) is 1. The minimum Gasteiger partial charge on any atom is -0.320 e. The summed E-state index contributed by atoms with van der Waals surface area (Å²) in [6.45, 7) is 3.86. The van der Waals surface area contributed by atoms with Gasteiger partial charge in [-0.2, -0.15) is 13.2 Å². The summed E-state index contributed by atoms with van der Waals surface area (Å²) in [6, 6.07) is 5.05. The Morgan fingerprint density at radius 1 is 1.26 bits per heavy atom. The van der Waals surface area contributed by atoms with Gasteiger partial charge in [0.1, 0.15) is 0 Å². The Morgan fingerprint density at radius 3 is 2.53 bits per heavy atom. The maximum atomic E-state index is 12.5. The zero-order valence-corrected chi connectivity index (χ0v) is 11.3. The zero-order chi connectivity index (χ0) is 14.2. The predicted octanol–water partition coefficient (Wildman–Crippen LogP) is 3.83. The Labute approximate surface area is 113 Å². The molecule has 0 aliphatic rings. The van der Waals surface area contributed by atoms with Gasteiger partial charge in [0.25, 0.3) is 0 Å². The van der Waals surface area contributed by atoms with Gasteiger partial charge in [-0.3, -0.25) is 0 Å². The van der Waals surface area contributed by atoms with Crippen molar-refractivity contribution in [3.63, 3.8) is 0 Å². The van der Waals surface area contributed by atoms with Crippen LogP contribution in [-0.4, -0.2) is 4.98 Å². The molecule has 19 heavy (non-hydrogen) atoms. The van der Waals surface area contributed by atoms with Crippen LogP contribution in [0.15, 0.2) is 24.4 Å². The van der Waals surface area contributed by atoms with E-state index in [2.05, 4.69) is 4.98 Å². The van der Waals surface area contributed by atoms with E-state index in [1.165, 1.54) is 6.20 Å². The van der Waals surface area contributed by atoms with E-state index in [-0.39, 0.29) is 0 Å². The van der Waals surface area contributed by atoms with E-state index in [9.17, 15) is 13.2 Å². The van der Waals surface area contributed by atoms with Crippen LogP contribution >= 0.6 is 11.3 Å². The fourth-order valence-corrected chi connectivity index (χ4v) is 2.63. The highest BCUT2D eigenvalue weighted by Crippen LogP contribution is 2.35. The van der Waals surface area contributed by atoms with Crippen molar-refractivity contribution >= 4 is 11.3 Å². The summed E-state index contributed by atoms with van der Waals surface area (Å²) in [5, 5.41) is -0.858. The molecular weight excluding hydrogens is 273 g/mol. The normalized spacial score (nSPS) is 13.6. The number of benzene rings is 1. The van der Waals surface area contributed by atoms with Gasteiger partial charge in [-0.15, -0.1) is 11.3 Å². The fourth-order valence-electron chi connectivity index (χ4n) is 1.83. The summed E-state index contributed by atoms with van der Waals surface area (Å²) in [5.41, 5.74) is 8.94. The molecule has 102 valence electrons. The Kier molecular flexibility index (Phi) is 3.64. The molecule has 0 fully saturated rings. The van der Waals surface area contributed by atoms with Crippen molar-refractivity contribution in [2.24, 2.45) is 5.73 Å². The Bertz CT molecular complexity index is 590. The quantitative estimate of drug-likeness (QED) is 0.911. The fraction of sp³-hybridized carbons (Fsp3) is 0.308. The molecule has 6 heteroatoms. The van der Waals surface area contributed by atoms with Crippen LogP contribution in [-0.2, 0) is 6.18 Å². The first-order valence-corrected chi connectivity index (χ1v) is 6.47. The summed E-state index contributed by atoms with van der Waals surface area (Å²) in [5.74, 6) is 0. The summed E-state index contributed by atoms with van der Waals surface area (Å²) in [7, 11) is 0. The summed E-state index contributed by atoms with van der Waals surface area (Å²) in [6.07, 6.45) is -3.20. The second-order valence-electron chi connectivity index (χ2n) is 4.33. The van der Waals surface area contributed by atoms with Crippen molar-refractivity contribution in [1.29, 1.82) is 0 Å². The van der Waals surface area contributed by atoms with Gasteiger partial charge in [-0.25, -0.2) is 4.98 Å². The van der Waals surface area contributed by atoms with Crippen molar-refractivity contribution in [3.05, 3.63) is 51.0 Å². The summed E-state index contributed by atoms with van der Waals surface area (Å²) in [4.78, 5) is 3.82. The average Bonchev–Trinajstić information content (AvgIpc) is 2.81. The first-order valence-electron chi connectivity index (χ1n) is 5.65. The molecule has 0 aliphatic carbocycles. The van der Waals surface area contributed by atoms with E-state index in [0.29, 0.717) is 16.2 Å². The van der Waals surface area contributed by atoms with Crippen LogP contribution in [0.5, 0.6) is 0 Å². The Hall–Kier alpha value is -1.40. The molecule has 0 radical (unpaired) electrons. The lowest BCUT2D eigenvalue weighted by atomic mass is 9.97. The third-order valence-corrected chi connectivity index (χ3v) is 4.18. The molecule has 0 amide bonds. The van der Waals surface area contributed by atoms with E-state index < -0.39 is 17.2 Å². The lowest BCUT2D eigenvalue weighted by Crippen LogP contribution is -2.12. The monoisotopic (exact) mass is 286 g/mol. The summed E-state index contributed by atoms with van der Waals surface area (Å²) < 4.78 is 37.6. The molecule has 0 saturated carbocycles. The highest BCUT2D eigenvalue weighted by molar-refractivity contribution is 7.11. The standard InChI is InChI=1S/C13H13F3N2S/c1-7-4-3-5-9(8(7)2)11(17)10-6-18-12(19-10)13(14,15)16/h3-6,11H,17H2,1-2H3. The van der Waals surface area contributed by atoms with Crippen LogP contribution in [0.25, 0.3) is 0 Å². The third kappa shape index (κ3) is 2.79. The lowest BCUT2D eigenvalue weighted by molar-refractivity contribution is -0.137. The van der Waals surface area contributed by atoms with Gasteiger partial charge in [-0.05, 0) is 30.5 Å². The molecule has 2 aromatic rings. The second kappa shape index (κ2) is 4.94. The van der Waals surface area contributed by atoms with Gasteiger partial charge in [-0.1, -0.05) is 18.2 Å². The largest absolute Gasteiger partial charge is 0.443 e. The number of nitrogens with two attached hydrogens (primary N) is 1. The smallest absolute Gasteiger partial charge is 0.320 e. The molecule has 0 bridgehead atoms. The van der Waals surface area contributed by atoms with Gasteiger partial charge >= 0.3 is 6.18 Å². The van der Waals surface area contributed by atoms with Gasteiger partial charge in [0.05, 0.1) is 6.04 Å². The zero-order valence-electron chi connectivity index (χ0n) is 10.5. The van der Waals surface area contributed by atoms with Crippen LogP contribution < -0.4 is 5.73 Å². The minimum absolute atomic E-state index is 0.418. The molecule has 0 saturated heterocycles. The Morgan fingerprint density at radius 2 is 1.95 bits per heavy atom. The summed E-state index contributed by atoms with van der Waals surface area (Å²) >= 11 is 0.596. The van der Waals surface area contributed by atoms with Gasteiger partial charge < -0.3 is 5.73 Å². The van der Waals surface area contributed by atoms with E-state index >= 15 is 0 Å². The molecular formula is C13H13F3N2S. The maximum Gasteiger partial charge on any atom is 0.443 e. The number of aromatic nitrogens is 1. The van der Waals surface area contributed by atoms with Crippen LogP contribution in [0.3, 0.4) is 0 Å². The molecule has 2 N–H and O–H groups in total. The van der Waals surface area contributed by atoms with Crippen LogP contribution in [0, 0.1) is 13.8 Å². The van der Waals surface area contributed by atoms with Crippen LogP contribution in [0.1, 0.15) is 32.6 Å². The number of thiazole rings is 1. The van der Waals surface area contributed by atoms with Crippen molar-refractivity contribution < 1.29 is 13.2 Å². The molecule has 1 unspecified atom stereocenters. The molecule has 1 aromatic carbocycles. The average molecular weight is 286 g/mol. The van der Waals surface area contributed by atoms with E-state index in [1.54, 1.807) is 0 Å². The molecule has 1 aromatic heterocycles. The van der Waals surface area contributed by atoms with Crippen molar-refractivity contribution in [3.8, 4) is 0 Å². The van der Waals surface area contributed by atoms with Gasteiger partial charge in [0.15, 0.2) is 5.01 Å². The van der Waals surface area contributed by atoms with Crippen molar-refractivity contribution in [1.82, 2.24) is 4.98 Å². The topological polar surface area (TPSA) is 38.9 Å². The first kappa shape index (κ1) is 14.0. The molecule has 2 rings (SSSR count). The first-order chi connectivity index (χ1) is 8.80. The third-order valence-electron chi connectivity index (χ3n) is 3.05. The highest BCUT2D eigenvalue weighted by atomic mass is 32.1.